The van der Waals surface area contributed by atoms with Crippen molar-refractivity contribution >= 4 is 21.9 Å². The maximum absolute atomic E-state index is 11.2. The molecule has 0 aliphatic carbocycles. The van der Waals surface area contributed by atoms with Gasteiger partial charge in [0.25, 0.3) is 0 Å². The zero-order valence-corrected chi connectivity index (χ0v) is 11.5. The largest absolute Gasteiger partial charge is 0.480 e. The summed E-state index contributed by atoms with van der Waals surface area (Å²) in [5, 5.41) is 12.4. The van der Waals surface area contributed by atoms with Crippen molar-refractivity contribution in [3.05, 3.63) is 52.0 Å². The van der Waals surface area contributed by atoms with Gasteiger partial charge in [-0.1, -0.05) is 28.1 Å². The zero-order chi connectivity index (χ0) is 13.4. The Kier molecular flexibility index (Phi) is 3.12. The first kappa shape index (κ1) is 12.4. The van der Waals surface area contributed by atoms with Gasteiger partial charge in [-0.3, -0.25) is 10.1 Å². The number of imidazole rings is 1. The summed E-state index contributed by atoms with van der Waals surface area (Å²) < 4.78 is 0.960. The van der Waals surface area contributed by atoms with Crippen LogP contribution in [0, 0.1) is 0 Å². The lowest BCUT2D eigenvalue weighted by molar-refractivity contribution is -0.139. The maximum atomic E-state index is 11.2. The van der Waals surface area contributed by atoms with Gasteiger partial charge in [-0.25, -0.2) is 4.98 Å². The molecular formula is C13H12BrN3O2. The predicted molar refractivity (Wildman–Crippen MR) is 72.8 cm³/mol. The molecule has 1 aliphatic heterocycles. The molecule has 5 nitrogen and oxygen atoms in total. The van der Waals surface area contributed by atoms with E-state index in [-0.39, 0.29) is 6.04 Å². The second-order valence-corrected chi connectivity index (χ2v) is 5.43. The molecule has 2 aromatic rings. The van der Waals surface area contributed by atoms with Gasteiger partial charge in [-0.15, -0.1) is 0 Å². The average Bonchev–Trinajstić information content (AvgIpc) is 2.85. The highest BCUT2D eigenvalue weighted by Gasteiger charge is 2.33. The molecule has 19 heavy (non-hydrogen) atoms. The van der Waals surface area contributed by atoms with Crippen LogP contribution >= 0.6 is 15.9 Å². The van der Waals surface area contributed by atoms with Gasteiger partial charge in [0.15, 0.2) is 0 Å². The first-order chi connectivity index (χ1) is 9.15. The van der Waals surface area contributed by atoms with Gasteiger partial charge in [0.2, 0.25) is 0 Å². The van der Waals surface area contributed by atoms with E-state index in [0.29, 0.717) is 6.42 Å². The molecule has 0 saturated heterocycles. The number of aromatic nitrogens is 2. The van der Waals surface area contributed by atoms with Crippen LogP contribution in [0.3, 0.4) is 0 Å². The first-order valence-electron chi connectivity index (χ1n) is 5.91. The number of H-pyrrole nitrogens is 1. The van der Waals surface area contributed by atoms with E-state index >= 15 is 0 Å². The van der Waals surface area contributed by atoms with Crippen LogP contribution in [0.15, 0.2) is 35.1 Å². The summed E-state index contributed by atoms with van der Waals surface area (Å²) in [5.41, 5.74) is 2.75. The van der Waals surface area contributed by atoms with Gasteiger partial charge in [0, 0.05) is 16.6 Å². The third-order valence-electron chi connectivity index (χ3n) is 3.28. The molecule has 98 valence electrons. The highest BCUT2D eigenvalue weighted by molar-refractivity contribution is 9.10. The number of rotatable bonds is 2. The number of nitrogens with one attached hydrogen (secondary N) is 2. The summed E-state index contributed by atoms with van der Waals surface area (Å²) in [4.78, 5) is 18.6. The number of carboxylic acids is 1. The molecule has 1 aromatic carbocycles. The van der Waals surface area contributed by atoms with Crippen LogP contribution in [-0.4, -0.2) is 27.1 Å². The predicted octanol–water partition coefficient (Wildman–Crippen LogP) is 1.86. The van der Waals surface area contributed by atoms with Crippen molar-refractivity contribution in [2.75, 3.05) is 0 Å². The molecule has 0 bridgehead atoms. The Morgan fingerprint density at radius 2 is 2.32 bits per heavy atom. The molecule has 3 rings (SSSR count). The third-order valence-corrected chi connectivity index (χ3v) is 3.77. The second kappa shape index (κ2) is 4.79. The number of halogens is 1. The molecule has 0 fully saturated rings. The lowest BCUT2D eigenvalue weighted by Gasteiger charge is -2.28. The van der Waals surface area contributed by atoms with E-state index in [1.165, 1.54) is 0 Å². The zero-order valence-electron chi connectivity index (χ0n) is 9.93. The van der Waals surface area contributed by atoms with Crippen molar-refractivity contribution in [2.24, 2.45) is 0 Å². The Balaban J connectivity index is 2.03. The Hall–Kier alpha value is -1.66. The molecule has 2 atom stereocenters. The molecule has 6 heteroatoms. The fourth-order valence-corrected chi connectivity index (χ4v) is 2.80. The number of hydrogen-bond donors (Lipinski definition) is 3. The van der Waals surface area contributed by atoms with Crippen molar-refractivity contribution in [3.8, 4) is 0 Å². The number of nitrogens with zero attached hydrogens (tertiary/aromatic N) is 1. The number of carboxylic acid groups (broad SMARTS) is 1. The average molecular weight is 322 g/mol. The van der Waals surface area contributed by atoms with E-state index in [4.69, 9.17) is 0 Å². The molecule has 0 spiro atoms. The Bertz CT molecular complexity index is 626. The smallest absolute Gasteiger partial charge is 0.321 e. The molecule has 0 amide bonds. The molecule has 2 heterocycles. The van der Waals surface area contributed by atoms with Crippen molar-refractivity contribution in [3.63, 3.8) is 0 Å². The highest BCUT2D eigenvalue weighted by atomic mass is 79.9. The summed E-state index contributed by atoms with van der Waals surface area (Å²) >= 11 is 3.43. The third kappa shape index (κ3) is 2.29. The van der Waals surface area contributed by atoms with Gasteiger partial charge >= 0.3 is 5.97 Å². The molecule has 0 unspecified atom stereocenters. The number of aliphatic carboxylic acids is 1. The lowest BCUT2D eigenvalue weighted by Crippen LogP contribution is -2.45. The normalized spacial score (nSPS) is 21.9. The summed E-state index contributed by atoms with van der Waals surface area (Å²) in [5.74, 6) is -0.847. The Labute approximate surface area is 118 Å². The number of hydrogen-bond acceptors (Lipinski definition) is 3. The summed E-state index contributed by atoms with van der Waals surface area (Å²) in [7, 11) is 0. The number of benzene rings is 1. The van der Waals surface area contributed by atoms with E-state index in [0.717, 1.165) is 21.4 Å². The van der Waals surface area contributed by atoms with Gasteiger partial charge < -0.3 is 10.1 Å². The standard InChI is InChI=1S/C13H12BrN3O2/c14-8-3-1-2-7(4-8)11-12-9(15-6-16-12)5-10(17-11)13(18)19/h1-4,6,10-11,17H,5H2,(H,15,16)(H,18,19)/t10-,11+/m1/s1. The minimum atomic E-state index is -0.847. The van der Waals surface area contributed by atoms with Crippen LogP contribution in [0.5, 0.6) is 0 Å². The number of aromatic amines is 1. The molecule has 0 saturated carbocycles. The van der Waals surface area contributed by atoms with E-state index in [1.807, 2.05) is 24.3 Å². The van der Waals surface area contributed by atoms with Crippen LogP contribution in [0.2, 0.25) is 0 Å². The van der Waals surface area contributed by atoms with Gasteiger partial charge in [-0.05, 0) is 17.7 Å². The number of carbonyl (C=O) groups is 1. The van der Waals surface area contributed by atoms with Crippen LogP contribution in [0.4, 0.5) is 0 Å². The molecule has 1 aliphatic rings. The van der Waals surface area contributed by atoms with E-state index in [1.54, 1.807) is 6.33 Å². The van der Waals surface area contributed by atoms with Crippen LogP contribution in [0.25, 0.3) is 0 Å². The van der Waals surface area contributed by atoms with Crippen molar-refractivity contribution in [1.29, 1.82) is 0 Å². The lowest BCUT2D eigenvalue weighted by atomic mass is 9.94. The summed E-state index contributed by atoms with van der Waals surface area (Å²) in [6, 6.07) is 7.00. The second-order valence-electron chi connectivity index (χ2n) is 4.52. The Morgan fingerprint density at radius 3 is 3.05 bits per heavy atom. The SMILES string of the molecule is O=C(O)[C@H]1Cc2[nH]cnc2[C@H](c2cccc(Br)c2)N1. The quantitative estimate of drug-likeness (QED) is 0.789. The fourth-order valence-electron chi connectivity index (χ4n) is 2.39. The summed E-state index contributed by atoms with van der Waals surface area (Å²) in [6.45, 7) is 0. The van der Waals surface area contributed by atoms with Crippen LogP contribution in [-0.2, 0) is 11.2 Å². The molecule has 1 aromatic heterocycles. The highest BCUT2D eigenvalue weighted by Crippen LogP contribution is 2.29. The van der Waals surface area contributed by atoms with Gasteiger partial charge in [-0.2, -0.15) is 0 Å². The molecular weight excluding hydrogens is 310 g/mol. The Morgan fingerprint density at radius 1 is 1.47 bits per heavy atom. The minimum absolute atomic E-state index is 0.200. The van der Waals surface area contributed by atoms with Crippen LogP contribution in [0.1, 0.15) is 23.0 Å². The number of fused-ring (bicyclic) bond motifs is 1. The minimum Gasteiger partial charge on any atom is -0.480 e. The fraction of sp³-hybridized carbons (Fsp3) is 0.231. The van der Waals surface area contributed by atoms with Gasteiger partial charge in [0.1, 0.15) is 6.04 Å². The van der Waals surface area contributed by atoms with E-state index < -0.39 is 12.0 Å². The van der Waals surface area contributed by atoms with E-state index in [9.17, 15) is 9.90 Å². The monoisotopic (exact) mass is 321 g/mol. The van der Waals surface area contributed by atoms with Crippen LogP contribution < -0.4 is 5.32 Å². The first-order valence-corrected chi connectivity index (χ1v) is 6.71. The maximum Gasteiger partial charge on any atom is 0.321 e. The molecule has 0 radical (unpaired) electrons. The topological polar surface area (TPSA) is 78.0 Å². The van der Waals surface area contributed by atoms with Gasteiger partial charge in [0.05, 0.1) is 18.1 Å². The van der Waals surface area contributed by atoms with Crippen molar-refractivity contribution in [2.45, 2.75) is 18.5 Å². The van der Waals surface area contributed by atoms with Crippen molar-refractivity contribution < 1.29 is 9.90 Å². The summed E-state index contributed by atoms with van der Waals surface area (Å²) in [6.07, 6.45) is 2.04. The van der Waals surface area contributed by atoms with Crippen molar-refractivity contribution in [1.82, 2.24) is 15.3 Å². The molecule has 3 N–H and O–H groups in total. The van der Waals surface area contributed by atoms with E-state index in [2.05, 4.69) is 31.2 Å².